The van der Waals surface area contributed by atoms with E-state index in [1.165, 1.54) is 0 Å². The Morgan fingerprint density at radius 3 is 2.51 bits per heavy atom. The maximum absolute atomic E-state index is 13.8. The Balaban J connectivity index is 1.47. The second-order valence-corrected chi connectivity index (χ2v) is 11.3. The van der Waals surface area contributed by atoms with Crippen molar-refractivity contribution in [1.82, 2.24) is 19.6 Å². The lowest BCUT2D eigenvalue weighted by Gasteiger charge is -2.37. The molecular weight excluding hydrogens is 520 g/mol. The molecule has 0 fully saturated rings. The zero-order chi connectivity index (χ0) is 28.5. The van der Waals surface area contributed by atoms with E-state index < -0.39 is 5.92 Å². The van der Waals surface area contributed by atoms with Gasteiger partial charge in [0.2, 0.25) is 5.88 Å². The third-order valence-electron chi connectivity index (χ3n) is 7.91. The molecule has 5 aromatic rings. The second kappa shape index (κ2) is 9.05. The van der Waals surface area contributed by atoms with Crippen molar-refractivity contribution < 1.29 is 24.1 Å². The van der Waals surface area contributed by atoms with Crippen LogP contribution in [0.5, 0.6) is 23.1 Å². The number of ketones is 1. The topological polar surface area (TPSA) is 108 Å². The number of benzene rings is 3. The molecule has 41 heavy (non-hydrogen) atoms. The number of fused-ring (bicyclic) bond motifs is 4. The van der Waals surface area contributed by atoms with Gasteiger partial charge in [0.05, 0.1) is 31.3 Å². The van der Waals surface area contributed by atoms with Gasteiger partial charge in [-0.05, 0) is 46.0 Å². The van der Waals surface area contributed by atoms with E-state index in [1.54, 1.807) is 31.1 Å². The highest BCUT2D eigenvalue weighted by Crippen LogP contribution is 2.51. The Morgan fingerprint density at radius 1 is 1.00 bits per heavy atom. The van der Waals surface area contributed by atoms with E-state index >= 15 is 0 Å². The Hall–Kier alpha value is -4.92. The summed E-state index contributed by atoms with van der Waals surface area (Å²) in [6.45, 7) is 4.13. The van der Waals surface area contributed by atoms with Gasteiger partial charge in [0.25, 0.3) is 0 Å². The first-order chi connectivity index (χ1) is 19.8. The largest absolute Gasteiger partial charge is 0.507 e. The molecular formula is C32H28N4O5. The molecule has 3 aromatic carbocycles. The summed E-state index contributed by atoms with van der Waals surface area (Å²) in [5.74, 6) is 2.06. The SMILES string of the molecule is COc1ccc([C@@H]2C3=C(CC(C)(C)CC3=O)Oc3ncn4nc(-c5cc6ccccc6cc5O)nc4c32)cc1OC. The average Bonchev–Trinajstić information content (AvgIpc) is 3.39. The van der Waals surface area contributed by atoms with E-state index in [0.29, 0.717) is 64.2 Å². The average molecular weight is 549 g/mol. The van der Waals surface area contributed by atoms with Gasteiger partial charge in [-0.3, -0.25) is 4.79 Å². The maximum Gasteiger partial charge on any atom is 0.228 e. The number of nitrogens with zero attached hydrogens (tertiary/aromatic N) is 4. The fourth-order valence-electron chi connectivity index (χ4n) is 6.03. The predicted molar refractivity (Wildman–Crippen MR) is 152 cm³/mol. The molecule has 0 unspecified atom stereocenters. The minimum absolute atomic E-state index is 0.0237. The molecule has 0 bridgehead atoms. The molecule has 2 aliphatic rings. The number of aromatic nitrogens is 4. The number of phenolic OH excluding ortho intramolecular Hbond substituents is 1. The number of phenols is 1. The van der Waals surface area contributed by atoms with Crippen LogP contribution >= 0.6 is 0 Å². The van der Waals surface area contributed by atoms with Gasteiger partial charge >= 0.3 is 0 Å². The van der Waals surface area contributed by atoms with E-state index in [1.807, 2.05) is 48.5 Å². The fourth-order valence-corrected chi connectivity index (χ4v) is 6.03. The Labute approximate surface area is 236 Å². The molecule has 1 aliphatic heterocycles. The third kappa shape index (κ3) is 3.99. The van der Waals surface area contributed by atoms with Crippen molar-refractivity contribution in [2.24, 2.45) is 5.41 Å². The van der Waals surface area contributed by atoms with Crippen LogP contribution in [-0.4, -0.2) is 44.7 Å². The monoisotopic (exact) mass is 548 g/mol. The Kier molecular flexibility index (Phi) is 5.54. The number of ether oxygens (including phenoxy) is 3. The number of hydrogen-bond donors (Lipinski definition) is 1. The number of rotatable bonds is 4. The van der Waals surface area contributed by atoms with E-state index in [-0.39, 0.29) is 16.9 Å². The van der Waals surface area contributed by atoms with Crippen molar-refractivity contribution in [3.05, 3.63) is 83.4 Å². The zero-order valence-corrected chi connectivity index (χ0v) is 23.1. The molecule has 9 nitrogen and oxygen atoms in total. The van der Waals surface area contributed by atoms with Crippen LogP contribution in [0.1, 0.15) is 43.7 Å². The van der Waals surface area contributed by atoms with Gasteiger partial charge in [-0.2, -0.15) is 0 Å². The fraction of sp³-hybridized carbons (Fsp3) is 0.250. The van der Waals surface area contributed by atoms with E-state index in [4.69, 9.17) is 19.2 Å². The molecule has 9 heteroatoms. The van der Waals surface area contributed by atoms with Gasteiger partial charge in [-0.25, -0.2) is 14.5 Å². The summed E-state index contributed by atoms with van der Waals surface area (Å²) < 4.78 is 19.0. The van der Waals surface area contributed by atoms with Crippen molar-refractivity contribution in [3.63, 3.8) is 0 Å². The maximum atomic E-state index is 13.8. The van der Waals surface area contributed by atoms with Crippen molar-refractivity contribution >= 4 is 22.2 Å². The van der Waals surface area contributed by atoms with Crippen LogP contribution < -0.4 is 14.2 Å². The number of allylic oxidation sites excluding steroid dienone is 2. The molecule has 7 rings (SSSR count). The molecule has 0 spiro atoms. The second-order valence-electron chi connectivity index (χ2n) is 11.3. The minimum Gasteiger partial charge on any atom is -0.507 e. The molecule has 0 saturated heterocycles. The van der Waals surface area contributed by atoms with E-state index in [2.05, 4.69) is 23.9 Å². The van der Waals surface area contributed by atoms with Gasteiger partial charge in [0, 0.05) is 18.4 Å². The predicted octanol–water partition coefficient (Wildman–Crippen LogP) is 5.83. The molecule has 0 amide bonds. The van der Waals surface area contributed by atoms with Crippen LogP contribution in [0.4, 0.5) is 0 Å². The van der Waals surface area contributed by atoms with Gasteiger partial charge in [-0.15, -0.1) is 5.10 Å². The van der Waals surface area contributed by atoms with E-state index in [9.17, 15) is 9.90 Å². The number of carbonyl (C=O) groups excluding carboxylic acids is 1. The first-order valence-corrected chi connectivity index (χ1v) is 13.4. The van der Waals surface area contributed by atoms with E-state index in [0.717, 1.165) is 16.3 Å². The van der Waals surface area contributed by atoms with Crippen LogP contribution in [0.3, 0.4) is 0 Å². The number of carbonyl (C=O) groups is 1. The van der Waals surface area contributed by atoms with Crippen LogP contribution in [-0.2, 0) is 4.79 Å². The molecule has 1 N–H and O–H groups in total. The molecule has 2 aromatic heterocycles. The number of methoxy groups -OCH3 is 2. The molecule has 1 atom stereocenters. The quantitative estimate of drug-likeness (QED) is 0.299. The third-order valence-corrected chi connectivity index (χ3v) is 7.91. The van der Waals surface area contributed by atoms with Crippen LogP contribution in [0.2, 0.25) is 0 Å². The van der Waals surface area contributed by atoms with Gasteiger partial charge in [0.15, 0.2) is 28.8 Å². The summed E-state index contributed by atoms with van der Waals surface area (Å²) in [5.41, 5.74) is 2.79. The lowest BCUT2D eigenvalue weighted by atomic mass is 9.70. The molecule has 206 valence electrons. The van der Waals surface area contributed by atoms with Crippen molar-refractivity contribution in [2.75, 3.05) is 14.2 Å². The Bertz CT molecular complexity index is 1920. The zero-order valence-electron chi connectivity index (χ0n) is 23.1. The van der Waals surface area contributed by atoms with Crippen molar-refractivity contribution in [2.45, 2.75) is 32.6 Å². The van der Waals surface area contributed by atoms with Crippen LogP contribution in [0.25, 0.3) is 27.8 Å². The highest BCUT2D eigenvalue weighted by Gasteiger charge is 2.44. The standard InChI is InChI=1S/C32H28N4O5/c1-32(2)14-22(38)27-25(15-32)41-31-28(26(27)19-9-10-23(39-3)24(13-19)40-4)30-34-29(35-36(30)16-33-31)20-11-17-7-5-6-8-18(17)12-21(20)37/h5-13,16,26,37H,14-15H2,1-4H3/t26-/m1/s1. The number of Topliss-reactive ketones (excluding diaryl/α,β-unsaturated/α-hetero) is 1. The lowest BCUT2D eigenvalue weighted by Crippen LogP contribution is -2.33. The van der Waals surface area contributed by atoms with Gasteiger partial charge in [-0.1, -0.05) is 44.2 Å². The van der Waals surface area contributed by atoms with Gasteiger partial charge in [0.1, 0.15) is 17.8 Å². The molecule has 3 heterocycles. The highest BCUT2D eigenvalue weighted by atomic mass is 16.5. The van der Waals surface area contributed by atoms with Crippen molar-refractivity contribution in [3.8, 4) is 34.5 Å². The highest BCUT2D eigenvalue weighted by molar-refractivity contribution is 6.00. The lowest BCUT2D eigenvalue weighted by molar-refractivity contribution is -0.118. The molecule has 1 aliphatic carbocycles. The Morgan fingerprint density at radius 2 is 1.76 bits per heavy atom. The molecule has 0 saturated carbocycles. The van der Waals surface area contributed by atoms with Gasteiger partial charge < -0.3 is 19.3 Å². The smallest absolute Gasteiger partial charge is 0.228 e. The first-order valence-electron chi connectivity index (χ1n) is 13.4. The van der Waals surface area contributed by atoms with Crippen molar-refractivity contribution in [1.29, 1.82) is 0 Å². The summed E-state index contributed by atoms with van der Waals surface area (Å²) in [4.78, 5) is 23.3. The normalized spacial score (nSPS) is 17.8. The van der Waals surface area contributed by atoms with Crippen LogP contribution in [0, 0.1) is 5.41 Å². The number of aromatic hydroxyl groups is 1. The molecule has 0 radical (unpaired) electrons. The minimum atomic E-state index is -0.518. The summed E-state index contributed by atoms with van der Waals surface area (Å²) in [6, 6.07) is 17.0. The summed E-state index contributed by atoms with van der Waals surface area (Å²) in [6.07, 6.45) is 2.55. The first kappa shape index (κ1) is 25.1. The summed E-state index contributed by atoms with van der Waals surface area (Å²) >= 11 is 0. The number of hydrogen-bond acceptors (Lipinski definition) is 8. The summed E-state index contributed by atoms with van der Waals surface area (Å²) in [7, 11) is 3.17. The van der Waals surface area contributed by atoms with Crippen LogP contribution in [0.15, 0.2) is 72.3 Å². The summed E-state index contributed by atoms with van der Waals surface area (Å²) in [5, 5.41) is 17.4.